The molecule has 1 saturated carbocycles. The molecule has 1 amide bonds. The van der Waals surface area contributed by atoms with Crippen molar-refractivity contribution in [2.45, 2.75) is 37.8 Å². The molecule has 144 valence electrons. The van der Waals surface area contributed by atoms with Gasteiger partial charge < -0.3 is 15.4 Å². The highest BCUT2D eigenvalue weighted by Crippen LogP contribution is 2.25. The smallest absolute Gasteiger partial charge is 0.407 e. The maximum absolute atomic E-state index is 11.3. The molecular formula is C22H24N4O2. The van der Waals surface area contributed by atoms with Crippen LogP contribution >= 0.6 is 0 Å². The summed E-state index contributed by atoms with van der Waals surface area (Å²) in [4.78, 5) is 20.4. The van der Waals surface area contributed by atoms with Crippen LogP contribution in [0, 0.1) is 0 Å². The number of methoxy groups -OCH3 is 1. The van der Waals surface area contributed by atoms with Gasteiger partial charge >= 0.3 is 6.09 Å². The number of carbonyl (C=O) groups excluding carboxylic acids is 1. The Balaban J connectivity index is 1.42. The van der Waals surface area contributed by atoms with Gasteiger partial charge in [-0.3, -0.25) is 0 Å². The third-order valence-electron chi connectivity index (χ3n) is 5.27. The maximum atomic E-state index is 11.3. The molecule has 4 rings (SSSR count). The summed E-state index contributed by atoms with van der Waals surface area (Å²) in [5, 5.41) is 8.74. The molecule has 1 aliphatic rings. The molecule has 1 heterocycles. The molecular weight excluding hydrogens is 352 g/mol. The third kappa shape index (κ3) is 4.22. The van der Waals surface area contributed by atoms with Gasteiger partial charge in [-0.2, -0.15) is 0 Å². The lowest BCUT2D eigenvalue weighted by molar-refractivity contribution is 0.162. The van der Waals surface area contributed by atoms with Gasteiger partial charge in [-0.25, -0.2) is 14.8 Å². The number of aromatic nitrogens is 2. The number of nitrogens with one attached hydrogen (secondary N) is 2. The number of hydrogen-bond acceptors (Lipinski definition) is 5. The number of hydrogen-bond donors (Lipinski definition) is 2. The van der Waals surface area contributed by atoms with Crippen molar-refractivity contribution in [2.24, 2.45) is 0 Å². The molecule has 0 atom stereocenters. The van der Waals surface area contributed by atoms with Crippen LogP contribution < -0.4 is 10.6 Å². The van der Waals surface area contributed by atoms with Crippen LogP contribution in [0.2, 0.25) is 0 Å². The summed E-state index contributed by atoms with van der Waals surface area (Å²) < 4.78 is 4.67. The number of carbonyl (C=O) groups is 1. The predicted octanol–water partition coefficient (Wildman–Crippen LogP) is 4.38. The van der Waals surface area contributed by atoms with E-state index >= 15 is 0 Å². The van der Waals surface area contributed by atoms with E-state index in [1.807, 2.05) is 18.2 Å². The first-order chi connectivity index (χ1) is 13.7. The molecule has 6 nitrogen and oxygen atoms in total. The van der Waals surface area contributed by atoms with E-state index in [-0.39, 0.29) is 12.1 Å². The fourth-order valence-corrected chi connectivity index (χ4v) is 3.73. The SMILES string of the molecule is COC(=O)NC1CCC(Nc2nccc(-c3ccc4ccccc4c3)n2)CC1. The second kappa shape index (κ2) is 8.25. The number of benzene rings is 2. The molecule has 6 heteroatoms. The number of nitrogens with zero attached hydrogens (tertiary/aromatic N) is 2. The minimum Gasteiger partial charge on any atom is -0.453 e. The van der Waals surface area contributed by atoms with Crippen molar-refractivity contribution in [3.05, 3.63) is 54.7 Å². The van der Waals surface area contributed by atoms with E-state index in [9.17, 15) is 4.79 Å². The zero-order valence-electron chi connectivity index (χ0n) is 15.9. The zero-order chi connectivity index (χ0) is 19.3. The molecule has 0 radical (unpaired) electrons. The second-order valence-corrected chi connectivity index (χ2v) is 7.16. The summed E-state index contributed by atoms with van der Waals surface area (Å²) in [5.41, 5.74) is 1.99. The molecule has 0 spiro atoms. The fourth-order valence-electron chi connectivity index (χ4n) is 3.73. The molecule has 1 fully saturated rings. The average Bonchev–Trinajstić information content (AvgIpc) is 2.75. The largest absolute Gasteiger partial charge is 0.453 e. The van der Waals surface area contributed by atoms with Crippen LogP contribution in [0.25, 0.3) is 22.0 Å². The van der Waals surface area contributed by atoms with Crippen LogP contribution in [0.4, 0.5) is 10.7 Å². The van der Waals surface area contributed by atoms with Crippen molar-refractivity contribution in [3.8, 4) is 11.3 Å². The Bertz CT molecular complexity index is 967. The lowest BCUT2D eigenvalue weighted by atomic mass is 9.91. The van der Waals surface area contributed by atoms with Gasteiger partial charge in [0, 0.05) is 23.8 Å². The van der Waals surface area contributed by atoms with Gasteiger partial charge in [-0.15, -0.1) is 0 Å². The molecule has 3 aromatic rings. The van der Waals surface area contributed by atoms with Crippen molar-refractivity contribution in [3.63, 3.8) is 0 Å². The number of fused-ring (bicyclic) bond motifs is 1. The van der Waals surface area contributed by atoms with E-state index in [0.29, 0.717) is 12.0 Å². The number of rotatable bonds is 4. The number of amides is 1. The number of anilines is 1. The lowest BCUT2D eigenvalue weighted by Gasteiger charge is -2.29. The first kappa shape index (κ1) is 18.2. The Morgan fingerprint density at radius 3 is 2.54 bits per heavy atom. The van der Waals surface area contributed by atoms with Crippen molar-refractivity contribution in [2.75, 3.05) is 12.4 Å². The minimum absolute atomic E-state index is 0.176. The highest BCUT2D eigenvalue weighted by atomic mass is 16.5. The second-order valence-electron chi connectivity index (χ2n) is 7.16. The summed E-state index contributed by atoms with van der Waals surface area (Å²) in [6, 6.07) is 17.1. The first-order valence-corrected chi connectivity index (χ1v) is 9.64. The molecule has 0 bridgehead atoms. The van der Waals surface area contributed by atoms with Crippen molar-refractivity contribution in [1.29, 1.82) is 0 Å². The Morgan fingerprint density at radius 1 is 1.00 bits per heavy atom. The number of alkyl carbamates (subject to hydrolysis) is 1. The van der Waals surface area contributed by atoms with E-state index in [1.54, 1.807) is 6.20 Å². The average molecular weight is 376 g/mol. The maximum Gasteiger partial charge on any atom is 0.407 e. The van der Waals surface area contributed by atoms with Crippen molar-refractivity contribution >= 4 is 22.8 Å². The van der Waals surface area contributed by atoms with Crippen molar-refractivity contribution < 1.29 is 9.53 Å². The van der Waals surface area contributed by atoms with Gasteiger partial charge in [0.25, 0.3) is 0 Å². The Hall–Kier alpha value is -3.15. The molecule has 0 aliphatic heterocycles. The van der Waals surface area contributed by atoms with E-state index in [1.165, 1.54) is 17.9 Å². The van der Waals surface area contributed by atoms with Gasteiger partial charge in [-0.05, 0) is 48.6 Å². The summed E-state index contributed by atoms with van der Waals surface area (Å²) >= 11 is 0. The minimum atomic E-state index is -0.358. The van der Waals surface area contributed by atoms with E-state index in [0.717, 1.165) is 36.9 Å². The predicted molar refractivity (Wildman–Crippen MR) is 110 cm³/mol. The van der Waals surface area contributed by atoms with Gasteiger partial charge in [-0.1, -0.05) is 36.4 Å². The van der Waals surface area contributed by atoms with Crippen LogP contribution in [0.15, 0.2) is 54.7 Å². The normalized spacial score (nSPS) is 19.2. The molecule has 2 aromatic carbocycles. The monoisotopic (exact) mass is 376 g/mol. The van der Waals surface area contributed by atoms with Gasteiger partial charge in [0.2, 0.25) is 5.95 Å². The molecule has 28 heavy (non-hydrogen) atoms. The molecule has 1 aromatic heterocycles. The van der Waals surface area contributed by atoms with Crippen LogP contribution in [-0.2, 0) is 4.74 Å². The van der Waals surface area contributed by atoms with Gasteiger partial charge in [0.1, 0.15) is 0 Å². The van der Waals surface area contributed by atoms with Gasteiger partial charge in [0.15, 0.2) is 0 Å². The van der Waals surface area contributed by atoms with Crippen LogP contribution in [0.3, 0.4) is 0 Å². The molecule has 1 aliphatic carbocycles. The summed E-state index contributed by atoms with van der Waals surface area (Å²) in [7, 11) is 1.39. The van der Waals surface area contributed by atoms with Crippen LogP contribution in [0.5, 0.6) is 0 Å². The molecule has 0 unspecified atom stereocenters. The summed E-state index contributed by atoms with van der Waals surface area (Å²) in [6.45, 7) is 0. The zero-order valence-corrected chi connectivity index (χ0v) is 15.9. The van der Waals surface area contributed by atoms with Crippen LogP contribution in [-0.4, -0.2) is 35.3 Å². The topological polar surface area (TPSA) is 76.1 Å². The molecule has 2 N–H and O–H groups in total. The summed E-state index contributed by atoms with van der Waals surface area (Å²) in [6.07, 6.45) is 5.18. The Labute approximate surface area is 164 Å². The summed E-state index contributed by atoms with van der Waals surface area (Å²) in [5.74, 6) is 0.648. The fraction of sp³-hybridized carbons (Fsp3) is 0.318. The first-order valence-electron chi connectivity index (χ1n) is 9.64. The van der Waals surface area contributed by atoms with E-state index in [2.05, 4.69) is 50.7 Å². The Kier molecular flexibility index (Phi) is 5.37. The standard InChI is InChI=1S/C22H24N4O2/c1-28-22(27)25-19-10-8-18(9-11-19)24-21-23-13-12-20(26-21)17-7-6-15-4-2-3-5-16(15)14-17/h2-7,12-14,18-19H,8-11H2,1H3,(H,25,27)(H,23,24,26). The molecule has 0 saturated heterocycles. The van der Waals surface area contributed by atoms with E-state index < -0.39 is 0 Å². The highest BCUT2D eigenvalue weighted by molar-refractivity contribution is 5.86. The highest BCUT2D eigenvalue weighted by Gasteiger charge is 2.23. The van der Waals surface area contributed by atoms with Crippen LogP contribution in [0.1, 0.15) is 25.7 Å². The third-order valence-corrected chi connectivity index (χ3v) is 5.27. The van der Waals surface area contributed by atoms with Crippen molar-refractivity contribution in [1.82, 2.24) is 15.3 Å². The number of ether oxygens (including phenoxy) is 1. The van der Waals surface area contributed by atoms with E-state index in [4.69, 9.17) is 4.98 Å². The Morgan fingerprint density at radius 2 is 1.75 bits per heavy atom. The quantitative estimate of drug-likeness (QED) is 0.707. The van der Waals surface area contributed by atoms with Gasteiger partial charge in [0.05, 0.1) is 12.8 Å². The lowest BCUT2D eigenvalue weighted by Crippen LogP contribution is -2.40.